The van der Waals surface area contributed by atoms with Gasteiger partial charge in [0.15, 0.2) is 0 Å². The number of amides is 1. The number of nitrogens with zero attached hydrogens (tertiary/aromatic N) is 2. The maximum absolute atomic E-state index is 12.1. The van der Waals surface area contributed by atoms with Gasteiger partial charge in [0.05, 0.1) is 11.0 Å². The molecule has 0 aliphatic heterocycles. The van der Waals surface area contributed by atoms with Crippen molar-refractivity contribution in [3.63, 3.8) is 0 Å². The van der Waals surface area contributed by atoms with Crippen LogP contribution in [0.5, 0.6) is 0 Å². The lowest BCUT2D eigenvalue weighted by Gasteiger charge is -2.10. The number of ether oxygens (including phenoxy) is 1. The van der Waals surface area contributed by atoms with Crippen molar-refractivity contribution in [3.05, 3.63) is 29.6 Å². The molecule has 1 N–H and O–H groups in total. The molecule has 0 saturated carbocycles. The van der Waals surface area contributed by atoms with Gasteiger partial charge in [-0.3, -0.25) is 4.79 Å². The lowest BCUT2D eigenvalue weighted by molar-refractivity contribution is 0.0948. The number of nitrogens with one attached hydrogen (secondary N) is 1. The van der Waals surface area contributed by atoms with E-state index in [1.54, 1.807) is 7.11 Å². The van der Waals surface area contributed by atoms with Crippen LogP contribution in [0.25, 0.3) is 11.0 Å². The molecule has 1 heterocycles. The third-order valence-corrected chi connectivity index (χ3v) is 3.46. The Morgan fingerprint density at radius 2 is 2.19 bits per heavy atom. The van der Waals surface area contributed by atoms with Gasteiger partial charge in [0.2, 0.25) is 0 Å². The van der Waals surface area contributed by atoms with Gasteiger partial charge in [-0.15, -0.1) is 0 Å². The molecule has 5 heteroatoms. The first-order valence-electron chi connectivity index (χ1n) is 7.30. The molecule has 0 saturated heterocycles. The minimum Gasteiger partial charge on any atom is -0.385 e. The molecular weight excluding hydrogens is 266 g/mol. The first-order chi connectivity index (χ1) is 10.0. The Morgan fingerprint density at radius 3 is 2.86 bits per heavy atom. The van der Waals surface area contributed by atoms with E-state index in [9.17, 15) is 4.79 Å². The van der Waals surface area contributed by atoms with Gasteiger partial charge in [-0.25, -0.2) is 4.98 Å². The van der Waals surface area contributed by atoms with E-state index < -0.39 is 0 Å². The van der Waals surface area contributed by atoms with Gasteiger partial charge in [-0.2, -0.15) is 0 Å². The van der Waals surface area contributed by atoms with Crippen LogP contribution in [0.3, 0.4) is 0 Å². The zero-order valence-corrected chi connectivity index (χ0v) is 13.1. The first kappa shape index (κ1) is 15.5. The number of aryl methyl sites for hydroxylation is 1. The van der Waals surface area contributed by atoms with Crippen molar-refractivity contribution >= 4 is 16.9 Å². The van der Waals surface area contributed by atoms with Crippen LogP contribution in [0.1, 0.15) is 42.5 Å². The second-order valence-electron chi connectivity index (χ2n) is 5.43. The molecule has 0 unspecified atom stereocenters. The van der Waals surface area contributed by atoms with Crippen LogP contribution in [0.2, 0.25) is 0 Å². The van der Waals surface area contributed by atoms with E-state index in [1.165, 1.54) is 0 Å². The fourth-order valence-corrected chi connectivity index (χ4v) is 2.53. The highest BCUT2D eigenvalue weighted by Gasteiger charge is 2.12. The molecular formula is C16H23N3O2. The number of aromatic nitrogens is 2. The molecule has 2 aromatic rings. The number of rotatable bonds is 6. The second kappa shape index (κ2) is 6.72. The summed E-state index contributed by atoms with van der Waals surface area (Å²) >= 11 is 0. The number of methoxy groups -OCH3 is 1. The van der Waals surface area contributed by atoms with Crippen molar-refractivity contribution in [2.45, 2.75) is 33.2 Å². The maximum atomic E-state index is 12.1. The number of fused-ring (bicyclic) bond motifs is 1. The molecule has 1 aromatic heterocycles. The van der Waals surface area contributed by atoms with Gasteiger partial charge in [-0.05, 0) is 45.4 Å². The maximum Gasteiger partial charge on any atom is 0.251 e. The summed E-state index contributed by atoms with van der Waals surface area (Å²) in [5.74, 6) is 0.905. The van der Waals surface area contributed by atoms with E-state index in [0.717, 1.165) is 23.3 Å². The first-order valence-corrected chi connectivity index (χ1v) is 7.30. The van der Waals surface area contributed by atoms with Crippen LogP contribution in [0.4, 0.5) is 0 Å². The van der Waals surface area contributed by atoms with Gasteiger partial charge < -0.3 is 14.6 Å². The van der Waals surface area contributed by atoms with Crippen LogP contribution in [0.15, 0.2) is 18.2 Å². The average molecular weight is 289 g/mol. The monoisotopic (exact) mass is 289 g/mol. The van der Waals surface area contributed by atoms with Crippen LogP contribution in [-0.4, -0.2) is 35.7 Å². The molecule has 114 valence electrons. The van der Waals surface area contributed by atoms with E-state index in [0.29, 0.717) is 24.8 Å². The van der Waals surface area contributed by atoms with Gasteiger partial charge in [-0.1, -0.05) is 0 Å². The van der Waals surface area contributed by atoms with Crippen LogP contribution >= 0.6 is 0 Å². The highest BCUT2D eigenvalue weighted by Crippen LogP contribution is 2.21. The van der Waals surface area contributed by atoms with E-state index in [1.807, 2.05) is 25.1 Å². The van der Waals surface area contributed by atoms with Gasteiger partial charge >= 0.3 is 0 Å². The number of hydrogen-bond donors (Lipinski definition) is 1. The Bertz CT molecular complexity index is 632. The minimum atomic E-state index is -0.0650. The normalized spacial score (nSPS) is 11.3. The summed E-state index contributed by atoms with van der Waals surface area (Å²) in [6, 6.07) is 6.03. The molecule has 0 aliphatic rings. The largest absolute Gasteiger partial charge is 0.385 e. The summed E-state index contributed by atoms with van der Waals surface area (Å²) in [4.78, 5) is 16.6. The van der Waals surface area contributed by atoms with E-state index in [4.69, 9.17) is 4.74 Å². The van der Waals surface area contributed by atoms with Crippen LogP contribution < -0.4 is 5.32 Å². The van der Waals surface area contributed by atoms with Gasteiger partial charge in [0.1, 0.15) is 5.82 Å². The lowest BCUT2D eigenvalue weighted by Crippen LogP contribution is -2.25. The second-order valence-corrected chi connectivity index (χ2v) is 5.43. The Labute approximate surface area is 125 Å². The Kier molecular flexibility index (Phi) is 4.96. The molecule has 5 nitrogen and oxygen atoms in total. The van der Waals surface area contributed by atoms with Gasteiger partial charge in [0, 0.05) is 31.9 Å². The molecule has 0 fully saturated rings. The molecule has 0 bridgehead atoms. The Balaban J connectivity index is 2.18. The number of benzene rings is 1. The van der Waals surface area contributed by atoms with Crippen LogP contribution in [0, 0.1) is 6.92 Å². The molecule has 0 aliphatic carbocycles. The average Bonchev–Trinajstić information content (AvgIpc) is 2.78. The molecule has 2 rings (SSSR count). The van der Waals surface area contributed by atoms with Gasteiger partial charge in [0.25, 0.3) is 5.91 Å². The topological polar surface area (TPSA) is 56.1 Å². The third-order valence-electron chi connectivity index (χ3n) is 3.46. The zero-order valence-electron chi connectivity index (χ0n) is 13.1. The summed E-state index contributed by atoms with van der Waals surface area (Å²) in [5, 5.41) is 2.89. The summed E-state index contributed by atoms with van der Waals surface area (Å²) in [7, 11) is 1.66. The number of imidazole rings is 1. The van der Waals surface area contributed by atoms with Crippen LogP contribution in [-0.2, 0) is 4.74 Å². The summed E-state index contributed by atoms with van der Waals surface area (Å²) in [5.41, 5.74) is 2.58. The minimum absolute atomic E-state index is 0.0650. The van der Waals surface area contributed by atoms with E-state index in [2.05, 4.69) is 28.7 Å². The zero-order chi connectivity index (χ0) is 15.4. The van der Waals surface area contributed by atoms with Crippen molar-refractivity contribution in [3.8, 4) is 0 Å². The number of hydrogen-bond acceptors (Lipinski definition) is 3. The summed E-state index contributed by atoms with van der Waals surface area (Å²) in [6.45, 7) is 7.51. The smallest absolute Gasteiger partial charge is 0.251 e. The molecule has 0 spiro atoms. The SMILES string of the molecule is COCCCNC(=O)c1ccc2c(c1)nc(C)n2C(C)C. The highest BCUT2D eigenvalue weighted by atomic mass is 16.5. The lowest BCUT2D eigenvalue weighted by atomic mass is 10.2. The fraction of sp³-hybridized carbons (Fsp3) is 0.500. The molecule has 1 aromatic carbocycles. The number of carbonyl (C=O) groups excluding carboxylic acids is 1. The Morgan fingerprint density at radius 1 is 1.43 bits per heavy atom. The predicted octanol–water partition coefficient (Wildman–Crippen LogP) is 2.69. The molecule has 0 atom stereocenters. The van der Waals surface area contributed by atoms with E-state index in [-0.39, 0.29) is 5.91 Å². The van der Waals surface area contributed by atoms with E-state index >= 15 is 0 Å². The Hall–Kier alpha value is -1.88. The van der Waals surface area contributed by atoms with Crippen molar-refractivity contribution in [1.82, 2.24) is 14.9 Å². The fourth-order valence-electron chi connectivity index (χ4n) is 2.53. The number of carbonyl (C=O) groups is 1. The predicted molar refractivity (Wildman–Crippen MR) is 83.7 cm³/mol. The standard InChI is InChI=1S/C16H23N3O2/c1-11(2)19-12(3)18-14-10-13(6-7-15(14)19)16(20)17-8-5-9-21-4/h6-7,10-11H,5,8-9H2,1-4H3,(H,17,20). The summed E-state index contributed by atoms with van der Waals surface area (Å²) < 4.78 is 7.14. The quantitative estimate of drug-likeness (QED) is 0.832. The van der Waals surface area contributed by atoms with Crippen molar-refractivity contribution in [2.75, 3.05) is 20.3 Å². The summed E-state index contributed by atoms with van der Waals surface area (Å²) in [6.07, 6.45) is 0.811. The third kappa shape index (κ3) is 3.42. The van der Waals surface area contributed by atoms with Crippen molar-refractivity contribution in [2.24, 2.45) is 0 Å². The molecule has 0 radical (unpaired) electrons. The molecule has 1 amide bonds. The molecule has 21 heavy (non-hydrogen) atoms. The van der Waals surface area contributed by atoms with Crippen molar-refractivity contribution in [1.29, 1.82) is 0 Å². The highest BCUT2D eigenvalue weighted by molar-refractivity contribution is 5.97. The van der Waals surface area contributed by atoms with Crippen molar-refractivity contribution < 1.29 is 9.53 Å².